The molecule has 0 spiro atoms. The van der Waals surface area contributed by atoms with Crippen LogP contribution >= 0.6 is 11.3 Å². The second kappa shape index (κ2) is 5.64. The van der Waals surface area contributed by atoms with E-state index in [0.717, 1.165) is 25.6 Å². The molecule has 1 fully saturated rings. The number of hydrogen-bond acceptors (Lipinski definition) is 3. The van der Waals surface area contributed by atoms with Gasteiger partial charge in [-0.1, -0.05) is 6.07 Å². The molecule has 84 valence electrons. The SMILES string of the molecule is CN(CCNCC1CC1)Cc1cccs1. The molecule has 0 radical (unpaired) electrons. The maximum atomic E-state index is 3.52. The highest BCUT2D eigenvalue weighted by Crippen LogP contribution is 2.27. The van der Waals surface area contributed by atoms with Gasteiger partial charge in [-0.25, -0.2) is 0 Å². The number of rotatable bonds is 7. The monoisotopic (exact) mass is 224 g/mol. The zero-order chi connectivity index (χ0) is 10.5. The molecule has 0 unspecified atom stereocenters. The molecule has 0 aliphatic heterocycles. The lowest BCUT2D eigenvalue weighted by Gasteiger charge is -2.15. The van der Waals surface area contributed by atoms with E-state index >= 15 is 0 Å². The first-order chi connectivity index (χ1) is 7.34. The third-order valence-electron chi connectivity index (χ3n) is 2.81. The van der Waals surface area contributed by atoms with E-state index in [-0.39, 0.29) is 0 Å². The summed E-state index contributed by atoms with van der Waals surface area (Å²) in [4.78, 5) is 3.84. The summed E-state index contributed by atoms with van der Waals surface area (Å²) in [6.07, 6.45) is 2.88. The summed E-state index contributed by atoms with van der Waals surface area (Å²) in [5, 5.41) is 5.67. The summed E-state index contributed by atoms with van der Waals surface area (Å²) in [6.45, 7) is 4.58. The van der Waals surface area contributed by atoms with E-state index in [0.29, 0.717) is 0 Å². The van der Waals surface area contributed by atoms with E-state index in [4.69, 9.17) is 0 Å². The number of thiophene rings is 1. The molecule has 2 rings (SSSR count). The van der Waals surface area contributed by atoms with Gasteiger partial charge >= 0.3 is 0 Å². The second-order valence-corrected chi connectivity index (χ2v) is 5.50. The van der Waals surface area contributed by atoms with Crippen molar-refractivity contribution in [2.75, 3.05) is 26.7 Å². The highest BCUT2D eigenvalue weighted by Gasteiger charge is 2.19. The van der Waals surface area contributed by atoms with Gasteiger partial charge in [0.2, 0.25) is 0 Å². The van der Waals surface area contributed by atoms with Gasteiger partial charge in [0.1, 0.15) is 0 Å². The summed E-state index contributed by atoms with van der Waals surface area (Å²) < 4.78 is 0. The van der Waals surface area contributed by atoms with Gasteiger partial charge < -0.3 is 10.2 Å². The fraction of sp³-hybridized carbons (Fsp3) is 0.667. The molecule has 0 bridgehead atoms. The Morgan fingerprint density at radius 1 is 1.53 bits per heavy atom. The molecule has 1 aliphatic carbocycles. The Labute approximate surface area is 96.3 Å². The Hall–Kier alpha value is -0.380. The van der Waals surface area contributed by atoms with Crippen LogP contribution in [0.5, 0.6) is 0 Å². The molecule has 15 heavy (non-hydrogen) atoms. The van der Waals surface area contributed by atoms with Gasteiger partial charge in [0.05, 0.1) is 0 Å². The molecule has 1 heterocycles. The maximum absolute atomic E-state index is 3.52. The van der Waals surface area contributed by atoms with Crippen molar-refractivity contribution in [2.24, 2.45) is 5.92 Å². The van der Waals surface area contributed by atoms with Gasteiger partial charge in [0, 0.05) is 24.5 Å². The standard InChI is InChI=1S/C12H20N2S/c1-14(10-12-3-2-8-15-12)7-6-13-9-11-4-5-11/h2-3,8,11,13H,4-7,9-10H2,1H3. The minimum atomic E-state index is 0.993. The fourth-order valence-corrected chi connectivity index (χ4v) is 2.43. The summed E-state index contributed by atoms with van der Waals surface area (Å²) in [5.74, 6) is 0.993. The molecule has 1 aliphatic rings. The van der Waals surface area contributed by atoms with Crippen LogP contribution in [0.2, 0.25) is 0 Å². The van der Waals surface area contributed by atoms with E-state index in [1.165, 1.54) is 24.3 Å². The molecular formula is C12H20N2S. The molecule has 2 nitrogen and oxygen atoms in total. The molecule has 0 saturated heterocycles. The summed E-state index contributed by atoms with van der Waals surface area (Å²) in [7, 11) is 2.19. The lowest BCUT2D eigenvalue weighted by molar-refractivity contribution is 0.326. The van der Waals surface area contributed by atoms with Crippen LogP contribution in [0, 0.1) is 5.92 Å². The van der Waals surface area contributed by atoms with Gasteiger partial charge in [-0.3, -0.25) is 0 Å². The zero-order valence-electron chi connectivity index (χ0n) is 9.41. The molecule has 1 saturated carbocycles. The second-order valence-electron chi connectivity index (χ2n) is 4.46. The minimum absolute atomic E-state index is 0.993. The Balaban J connectivity index is 1.53. The number of nitrogens with zero attached hydrogens (tertiary/aromatic N) is 1. The van der Waals surface area contributed by atoms with Crippen molar-refractivity contribution in [3.05, 3.63) is 22.4 Å². The van der Waals surface area contributed by atoms with Crippen LogP contribution < -0.4 is 5.32 Å². The molecule has 0 amide bonds. The molecule has 0 atom stereocenters. The molecule has 1 aromatic rings. The molecule has 3 heteroatoms. The first kappa shape index (κ1) is 11.1. The Morgan fingerprint density at radius 3 is 3.07 bits per heavy atom. The van der Waals surface area contributed by atoms with E-state index < -0.39 is 0 Å². The number of nitrogens with one attached hydrogen (secondary N) is 1. The van der Waals surface area contributed by atoms with Gasteiger partial charge in [-0.15, -0.1) is 11.3 Å². The van der Waals surface area contributed by atoms with E-state index in [1.54, 1.807) is 0 Å². The van der Waals surface area contributed by atoms with Crippen molar-refractivity contribution in [1.29, 1.82) is 0 Å². The average Bonchev–Trinajstić information content (AvgIpc) is 2.91. The molecule has 0 aromatic carbocycles. The lowest BCUT2D eigenvalue weighted by atomic mass is 10.4. The highest BCUT2D eigenvalue weighted by molar-refractivity contribution is 7.09. The van der Waals surface area contributed by atoms with Crippen molar-refractivity contribution >= 4 is 11.3 Å². The van der Waals surface area contributed by atoms with Gasteiger partial charge in [0.25, 0.3) is 0 Å². The largest absolute Gasteiger partial charge is 0.315 e. The maximum Gasteiger partial charge on any atom is 0.0325 e. The van der Waals surface area contributed by atoms with Crippen molar-refractivity contribution in [1.82, 2.24) is 10.2 Å². The van der Waals surface area contributed by atoms with Crippen LogP contribution in [0.3, 0.4) is 0 Å². The minimum Gasteiger partial charge on any atom is -0.315 e. The third-order valence-corrected chi connectivity index (χ3v) is 3.67. The van der Waals surface area contributed by atoms with Crippen molar-refractivity contribution < 1.29 is 0 Å². The predicted molar refractivity (Wildman–Crippen MR) is 66.2 cm³/mol. The van der Waals surface area contributed by atoms with Gasteiger partial charge in [-0.05, 0) is 43.8 Å². The van der Waals surface area contributed by atoms with Crippen LogP contribution in [-0.2, 0) is 6.54 Å². The summed E-state index contributed by atoms with van der Waals surface area (Å²) in [6, 6.07) is 4.33. The highest BCUT2D eigenvalue weighted by atomic mass is 32.1. The number of hydrogen-bond donors (Lipinski definition) is 1. The normalized spacial score (nSPS) is 16.1. The molecule has 1 N–H and O–H groups in total. The lowest BCUT2D eigenvalue weighted by Crippen LogP contribution is -2.29. The van der Waals surface area contributed by atoms with Crippen molar-refractivity contribution in [3.63, 3.8) is 0 Å². The Bertz CT molecular complexity index is 267. The van der Waals surface area contributed by atoms with E-state index in [1.807, 2.05) is 11.3 Å². The molecular weight excluding hydrogens is 204 g/mol. The van der Waals surface area contributed by atoms with Crippen LogP contribution in [-0.4, -0.2) is 31.6 Å². The smallest absolute Gasteiger partial charge is 0.0325 e. The van der Waals surface area contributed by atoms with Gasteiger partial charge in [0.15, 0.2) is 0 Å². The summed E-state index contributed by atoms with van der Waals surface area (Å²) >= 11 is 1.84. The van der Waals surface area contributed by atoms with Crippen molar-refractivity contribution in [2.45, 2.75) is 19.4 Å². The number of likely N-dealkylation sites (N-methyl/N-ethyl adjacent to an activating group) is 1. The Kier molecular flexibility index (Phi) is 4.18. The van der Waals surface area contributed by atoms with Crippen LogP contribution in [0.1, 0.15) is 17.7 Å². The average molecular weight is 224 g/mol. The molecule has 1 aromatic heterocycles. The van der Waals surface area contributed by atoms with E-state index in [2.05, 4.69) is 34.8 Å². The first-order valence-electron chi connectivity index (χ1n) is 5.76. The van der Waals surface area contributed by atoms with E-state index in [9.17, 15) is 0 Å². The zero-order valence-corrected chi connectivity index (χ0v) is 10.2. The Morgan fingerprint density at radius 2 is 2.40 bits per heavy atom. The predicted octanol–water partition coefficient (Wildman–Crippen LogP) is 2.18. The quantitative estimate of drug-likeness (QED) is 0.714. The van der Waals surface area contributed by atoms with Crippen molar-refractivity contribution in [3.8, 4) is 0 Å². The first-order valence-corrected chi connectivity index (χ1v) is 6.64. The van der Waals surface area contributed by atoms with Crippen LogP contribution in [0.25, 0.3) is 0 Å². The van der Waals surface area contributed by atoms with Crippen LogP contribution in [0.15, 0.2) is 17.5 Å². The topological polar surface area (TPSA) is 15.3 Å². The third kappa shape index (κ3) is 4.33. The van der Waals surface area contributed by atoms with Gasteiger partial charge in [-0.2, -0.15) is 0 Å². The summed E-state index contributed by atoms with van der Waals surface area (Å²) in [5.41, 5.74) is 0. The van der Waals surface area contributed by atoms with Crippen LogP contribution in [0.4, 0.5) is 0 Å². The fourth-order valence-electron chi connectivity index (χ4n) is 1.65.